The van der Waals surface area contributed by atoms with Gasteiger partial charge in [-0.05, 0) is 23.8 Å². The van der Waals surface area contributed by atoms with Crippen molar-refractivity contribution in [3.8, 4) is 0 Å². The van der Waals surface area contributed by atoms with E-state index in [-0.39, 0.29) is 5.56 Å². The fraction of sp³-hybridized carbons (Fsp3) is 0.100. The van der Waals surface area contributed by atoms with E-state index in [1.54, 1.807) is 29.3 Å². The highest BCUT2D eigenvalue weighted by molar-refractivity contribution is 6.00. The summed E-state index contributed by atoms with van der Waals surface area (Å²) in [6.45, 7) is 0. The number of hydrogen-bond acceptors (Lipinski definition) is 6. The molecule has 0 radical (unpaired) electrons. The summed E-state index contributed by atoms with van der Waals surface area (Å²) in [5.74, 6) is -1.39. The highest BCUT2D eigenvalue weighted by Crippen LogP contribution is 2.46. The Morgan fingerprint density at radius 3 is 2.43 bits per heavy atom. The van der Waals surface area contributed by atoms with Crippen LogP contribution in [0.5, 0.6) is 0 Å². The van der Waals surface area contributed by atoms with Crippen LogP contribution in [-0.2, 0) is 4.79 Å². The molecule has 2 unspecified atom stereocenters. The van der Waals surface area contributed by atoms with Gasteiger partial charge >= 0.3 is 5.97 Å². The van der Waals surface area contributed by atoms with Gasteiger partial charge in [0.1, 0.15) is 6.17 Å². The van der Waals surface area contributed by atoms with Gasteiger partial charge in [0.2, 0.25) is 5.91 Å². The van der Waals surface area contributed by atoms with Crippen LogP contribution in [0.3, 0.4) is 0 Å². The molecule has 3 aromatic rings. The Morgan fingerprint density at radius 1 is 1.04 bits per heavy atom. The average Bonchev–Trinajstić information content (AvgIpc) is 3.08. The molecule has 3 heterocycles. The van der Waals surface area contributed by atoms with E-state index < -0.39 is 24.1 Å². The van der Waals surface area contributed by atoms with Gasteiger partial charge in [0.15, 0.2) is 11.9 Å². The molecule has 2 aromatic heterocycles. The third kappa shape index (κ3) is 2.90. The largest absolute Gasteiger partial charge is 0.478 e. The summed E-state index contributed by atoms with van der Waals surface area (Å²) in [6, 6.07) is 15.0. The summed E-state index contributed by atoms with van der Waals surface area (Å²) >= 11 is 0. The van der Waals surface area contributed by atoms with E-state index in [0.717, 1.165) is 5.56 Å². The summed E-state index contributed by atoms with van der Waals surface area (Å²) in [5.41, 5.74) is 7.34. The highest BCUT2D eigenvalue weighted by atomic mass is 16.4. The number of pyridine rings is 2. The standard InChI is InChI=1S/C20H17N5O3/c21-17(26)16(14-8-4-5-10-22-14)25-15-13(20(27)28)9-11-23-18(15)24-19(25)12-6-2-1-3-7-12/h1-11,16,19H,(H2,21,26)(H,23,24)(H,27,28). The number of nitrogens with zero attached hydrogens (tertiary/aromatic N) is 3. The SMILES string of the molecule is NC(=O)C(c1ccccn1)N1c2c(C(=O)O)ccnc2NC1c1ccccc1. The van der Waals surface area contributed by atoms with E-state index in [1.807, 2.05) is 30.3 Å². The molecule has 28 heavy (non-hydrogen) atoms. The van der Waals surface area contributed by atoms with Gasteiger partial charge in [-0.2, -0.15) is 0 Å². The lowest BCUT2D eigenvalue weighted by Crippen LogP contribution is -2.40. The lowest BCUT2D eigenvalue weighted by atomic mass is 10.0. The van der Waals surface area contributed by atoms with Crippen molar-refractivity contribution in [2.45, 2.75) is 12.2 Å². The molecule has 140 valence electrons. The van der Waals surface area contributed by atoms with Crippen molar-refractivity contribution >= 4 is 23.4 Å². The number of carboxylic acids is 1. The molecule has 0 aliphatic carbocycles. The monoisotopic (exact) mass is 375 g/mol. The fourth-order valence-electron chi connectivity index (χ4n) is 3.44. The molecule has 1 aliphatic rings. The first kappa shape index (κ1) is 17.5. The van der Waals surface area contributed by atoms with Gasteiger partial charge in [0, 0.05) is 12.4 Å². The predicted octanol–water partition coefficient (Wildman–Crippen LogP) is 2.33. The Kier molecular flexibility index (Phi) is 4.36. The minimum absolute atomic E-state index is 0.0260. The Balaban J connectivity index is 1.94. The molecule has 1 aromatic carbocycles. The van der Waals surface area contributed by atoms with Crippen LogP contribution in [0, 0.1) is 0 Å². The molecule has 0 spiro atoms. The van der Waals surface area contributed by atoms with Crippen LogP contribution in [0.25, 0.3) is 0 Å². The molecule has 8 heteroatoms. The Bertz CT molecular complexity index is 1030. The number of carboxylic acid groups (broad SMARTS) is 1. The number of nitrogens with two attached hydrogens (primary N) is 1. The first-order chi connectivity index (χ1) is 13.6. The number of rotatable bonds is 5. The van der Waals surface area contributed by atoms with Crippen LogP contribution in [0.1, 0.15) is 33.8 Å². The number of primary amides is 1. The first-order valence-electron chi connectivity index (χ1n) is 8.60. The van der Waals surface area contributed by atoms with Crippen LogP contribution in [0.2, 0.25) is 0 Å². The number of benzene rings is 1. The lowest BCUT2D eigenvalue weighted by Gasteiger charge is -2.33. The summed E-state index contributed by atoms with van der Waals surface area (Å²) in [7, 11) is 0. The molecular weight excluding hydrogens is 358 g/mol. The van der Waals surface area contributed by atoms with Crippen molar-refractivity contribution in [2.75, 3.05) is 10.2 Å². The molecule has 0 saturated heterocycles. The van der Waals surface area contributed by atoms with Crippen molar-refractivity contribution in [3.63, 3.8) is 0 Å². The molecule has 4 N–H and O–H groups in total. The topological polar surface area (TPSA) is 121 Å². The van der Waals surface area contributed by atoms with Crippen molar-refractivity contribution in [2.24, 2.45) is 5.73 Å². The second-order valence-corrected chi connectivity index (χ2v) is 6.29. The number of carbonyl (C=O) groups is 2. The maximum atomic E-state index is 12.5. The van der Waals surface area contributed by atoms with E-state index in [9.17, 15) is 14.7 Å². The molecule has 1 amide bonds. The first-order valence-corrected chi connectivity index (χ1v) is 8.60. The number of nitrogens with one attached hydrogen (secondary N) is 1. The van der Waals surface area contributed by atoms with Gasteiger partial charge in [-0.3, -0.25) is 9.78 Å². The Morgan fingerprint density at radius 2 is 1.79 bits per heavy atom. The van der Waals surface area contributed by atoms with Crippen molar-refractivity contribution in [1.82, 2.24) is 9.97 Å². The van der Waals surface area contributed by atoms with E-state index >= 15 is 0 Å². The minimum Gasteiger partial charge on any atom is -0.478 e. The predicted molar refractivity (Wildman–Crippen MR) is 103 cm³/mol. The van der Waals surface area contributed by atoms with Crippen molar-refractivity contribution in [1.29, 1.82) is 0 Å². The lowest BCUT2D eigenvalue weighted by molar-refractivity contribution is -0.119. The summed E-state index contributed by atoms with van der Waals surface area (Å²) in [5, 5.41) is 12.9. The molecule has 8 nitrogen and oxygen atoms in total. The van der Waals surface area contributed by atoms with Crippen molar-refractivity contribution < 1.29 is 14.7 Å². The van der Waals surface area contributed by atoms with Crippen LogP contribution in [-0.4, -0.2) is 27.0 Å². The maximum Gasteiger partial charge on any atom is 0.338 e. The molecular formula is C20H17N5O3. The van der Waals surface area contributed by atoms with Crippen LogP contribution in [0.15, 0.2) is 67.0 Å². The second-order valence-electron chi connectivity index (χ2n) is 6.29. The third-order valence-corrected chi connectivity index (χ3v) is 4.60. The highest BCUT2D eigenvalue weighted by Gasteiger charge is 2.42. The number of aromatic nitrogens is 2. The van der Waals surface area contributed by atoms with Gasteiger partial charge < -0.3 is 21.1 Å². The Hall–Kier alpha value is -3.94. The minimum atomic E-state index is -1.12. The number of carbonyl (C=O) groups excluding carboxylic acids is 1. The number of amides is 1. The smallest absolute Gasteiger partial charge is 0.338 e. The van der Waals surface area contributed by atoms with Crippen molar-refractivity contribution in [3.05, 3.63) is 83.8 Å². The summed E-state index contributed by atoms with van der Waals surface area (Å²) in [6.07, 6.45) is 2.44. The van der Waals surface area contributed by atoms with E-state index in [4.69, 9.17) is 5.73 Å². The molecule has 2 atom stereocenters. The van der Waals surface area contributed by atoms with Gasteiger partial charge in [0.25, 0.3) is 0 Å². The zero-order chi connectivity index (χ0) is 19.7. The molecule has 0 fully saturated rings. The zero-order valence-corrected chi connectivity index (χ0v) is 14.7. The van der Waals surface area contributed by atoms with Crippen LogP contribution < -0.4 is 16.0 Å². The van der Waals surface area contributed by atoms with Gasteiger partial charge in [-0.15, -0.1) is 0 Å². The number of hydrogen-bond donors (Lipinski definition) is 3. The number of aromatic carboxylic acids is 1. The summed E-state index contributed by atoms with van der Waals surface area (Å²) in [4.78, 5) is 34.6. The summed E-state index contributed by atoms with van der Waals surface area (Å²) < 4.78 is 0. The number of fused-ring (bicyclic) bond motifs is 1. The maximum absolute atomic E-state index is 12.5. The third-order valence-electron chi connectivity index (χ3n) is 4.60. The van der Waals surface area contributed by atoms with E-state index in [0.29, 0.717) is 17.2 Å². The Labute approximate surface area is 160 Å². The van der Waals surface area contributed by atoms with E-state index in [1.165, 1.54) is 12.3 Å². The normalized spacial score (nSPS) is 16.1. The zero-order valence-electron chi connectivity index (χ0n) is 14.7. The molecule has 0 bridgehead atoms. The molecule has 4 rings (SSSR count). The van der Waals surface area contributed by atoms with Gasteiger partial charge in [-0.1, -0.05) is 36.4 Å². The quantitative estimate of drug-likeness (QED) is 0.626. The molecule has 1 aliphatic heterocycles. The second kappa shape index (κ2) is 6.99. The average molecular weight is 375 g/mol. The van der Waals surface area contributed by atoms with Crippen LogP contribution >= 0.6 is 0 Å². The molecule has 0 saturated carbocycles. The number of anilines is 2. The van der Waals surface area contributed by atoms with Gasteiger partial charge in [-0.25, -0.2) is 9.78 Å². The van der Waals surface area contributed by atoms with E-state index in [2.05, 4.69) is 15.3 Å². The van der Waals surface area contributed by atoms with Crippen LogP contribution in [0.4, 0.5) is 11.5 Å². The fourth-order valence-corrected chi connectivity index (χ4v) is 3.44. The van der Waals surface area contributed by atoms with Gasteiger partial charge in [0.05, 0.1) is 16.9 Å².